The molecule has 0 saturated heterocycles. The van der Waals surface area contributed by atoms with Gasteiger partial charge in [0.15, 0.2) is 5.78 Å². The van der Waals surface area contributed by atoms with Gasteiger partial charge in [-0.25, -0.2) is 0 Å². The van der Waals surface area contributed by atoms with Crippen molar-refractivity contribution in [3.05, 3.63) is 11.6 Å². The Morgan fingerprint density at radius 1 is 1.05 bits per heavy atom. The second-order valence-corrected chi connectivity index (χ2v) is 8.74. The van der Waals surface area contributed by atoms with E-state index in [1.54, 1.807) is 0 Å². The van der Waals surface area contributed by atoms with Crippen molar-refractivity contribution >= 4 is 5.78 Å². The molecule has 0 heterocycles. The summed E-state index contributed by atoms with van der Waals surface area (Å²) in [6.07, 6.45) is 8.49. The van der Waals surface area contributed by atoms with E-state index in [1.165, 1.54) is 5.57 Å². The molecule has 22 heavy (non-hydrogen) atoms. The van der Waals surface area contributed by atoms with E-state index in [0.717, 1.165) is 44.9 Å². The van der Waals surface area contributed by atoms with Crippen LogP contribution in [0.4, 0.5) is 0 Å². The lowest BCUT2D eigenvalue weighted by Gasteiger charge is -2.61. The van der Waals surface area contributed by atoms with Gasteiger partial charge in [-0.2, -0.15) is 0 Å². The molecule has 0 aliphatic heterocycles. The number of aliphatic hydroxyl groups is 2. The van der Waals surface area contributed by atoms with Gasteiger partial charge in [0.25, 0.3) is 0 Å². The third-order valence-electron chi connectivity index (χ3n) is 8.10. The summed E-state index contributed by atoms with van der Waals surface area (Å²) >= 11 is 0. The average Bonchev–Trinajstić information content (AvgIpc) is 2.72. The number of rotatable bonds is 0. The first kappa shape index (κ1) is 14.9. The van der Waals surface area contributed by atoms with Gasteiger partial charge in [0.1, 0.15) is 0 Å². The van der Waals surface area contributed by atoms with Crippen LogP contribution < -0.4 is 0 Å². The molecule has 3 saturated carbocycles. The van der Waals surface area contributed by atoms with Gasteiger partial charge in [-0.05, 0) is 68.3 Å². The van der Waals surface area contributed by atoms with Crippen LogP contribution in [0.2, 0.25) is 0 Å². The van der Waals surface area contributed by atoms with Crippen LogP contribution in [-0.4, -0.2) is 27.7 Å². The standard InChI is InChI=1S/C19H28O3/c1-17-8-5-13(20)11-12(17)3-4-15-14(17)6-9-18(2)16(21)7-10-19(15,18)22/h11,14-16,21-22H,3-10H2,1-2H3. The molecule has 6 unspecified atom stereocenters. The van der Waals surface area contributed by atoms with Crippen LogP contribution in [0.1, 0.15) is 65.2 Å². The molecule has 0 aromatic heterocycles. The Morgan fingerprint density at radius 3 is 2.59 bits per heavy atom. The first-order valence-electron chi connectivity index (χ1n) is 8.96. The number of fused-ring (bicyclic) bond motifs is 5. The van der Waals surface area contributed by atoms with Crippen LogP contribution >= 0.6 is 0 Å². The Morgan fingerprint density at radius 2 is 1.82 bits per heavy atom. The van der Waals surface area contributed by atoms with Gasteiger partial charge in [0, 0.05) is 11.8 Å². The van der Waals surface area contributed by atoms with E-state index in [4.69, 9.17) is 0 Å². The molecule has 4 aliphatic rings. The van der Waals surface area contributed by atoms with Gasteiger partial charge in [0.2, 0.25) is 0 Å². The Kier molecular flexibility index (Phi) is 3.01. The molecule has 0 radical (unpaired) electrons. The van der Waals surface area contributed by atoms with Gasteiger partial charge >= 0.3 is 0 Å². The highest BCUT2D eigenvalue weighted by atomic mass is 16.3. The molecule has 3 fully saturated rings. The third kappa shape index (κ3) is 1.62. The summed E-state index contributed by atoms with van der Waals surface area (Å²) in [6.45, 7) is 4.42. The lowest BCUT2D eigenvalue weighted by molar-refractivity contribution is -0.192. The van der Waals surface area contributed by atoms with Crippen molar-refractivity contribution in [2.45, 2.75) is 76.9 Å². The van der Waals surface area contributed by atoms with E-state index in [-0.39, 0.29) is 28.6 Å². The fourth-order valence-corrected chi connectivity index (χ4v) is 6.50. The minimum atomic E-state index is -0.717. The maximum Gasteiger partial charge on any atom is 0.155 e. The molecule has 4 aliphatic carbocycles. The summed E-state index contributed by atoms with van der Waals surface area (Å²) in [6, 6.07) is 0. The predicted octanol–water partition coefficient (Wildman–Crippen LogP) is 2.99. The van der Waals surface area contributed by atoms with Crippen LogP contribution in [-0.2, 0) is 4.79 Å². The predicted molar refractivity (Wildman–Crippen MR) is 84.2 cm³/mol. The van der Waals surface area contributed by atoms with Gasteiger partial charge in [0.05, 0.1) is 11.7 Å². The molecular formula is C19H28O3. The molecule has 0 aromatic rings. The van der Waals surface area contributed by atoms with E-state index >= 15 is 0 Å². The minimum Gasteiger partial charge on any atom is -0.392 e. The van der Waals surface area contributed by atoms with E-state index in [0.29, 0.717) is 12.3 Å². The zero-order valence-corrected chi connectivity index (χ0v) is 13.8. The monoisotopic (exact) mass is 304 g/mol. The van der Waals surface area contributed by atoms with Crippen LogP contribution in [0.25, 0.3) is 0 Å². The zero-order valence-electron chi connectivity index (χ0n) is 13.8. The van der Waals surface area contributed by atoms with Gasteiger partial charge in [-0.1, -0.05) is 19.4 Å². The number of aliphatic hydroxyl groups excluding tert-OH is 1. The summed E-state index contributed by atoms with van der Waals surface area (Å²) in [5.74, 6) is 1.02. The Balaban J connectivity index is 1.74. The summed E-state index contributed by atoms with van der Waals surface area (Å²) in [5.41, 5.74) is 0.360. The Labute approximate surface area is 132 Å². The van der Waals surface area contributed by atoms with Crippen LogP contribution in [0.3, 0.4) is 0 Å². The largest absolute Gasteiger partial charge is 0.392 e. The number of hydrogen-bond acceptors (Lipinski definition) is 3. The highest BCUT2D eigenvalue weighted by molar-refractivity contribution is 5.91. The maximum atomic E-state index is 11.8. The topological polar surface area (TPSA) is 57.5 Å². The highest BCUT2D eigenvalue weighted by Gasteiger charge is 2.66. The van der Waals surface area contributed by atoms with Gasteiger partial charge in [-0.3, -0.25) is 4.79 Å². The van der Waals surface area contributed by atoms with Crippen molar-refractivity contribution in [1.82, 2.24) is 0 Å². The molecule has 6 atom stereocenters. The minimum absolute atomic E-state index is 0.0848. The van der Waals surface area contributed by atoms with Crippen molar-refractivity contribution in [1.29, 1.82) is 0 Å². The van der Waals surface area contributed by atoms with E-state index in [1.807, 2.05) is 6.08 Å². The zero-order chi connectivity index (χ0) is 15.8. The number of carbonyl (C=O) groups excluding carboxylic acids is 1. The molecule has 0 amide bonds. The van der Waals surface area contributed by atoms with Crippen molar-refractivity contribution in [3.63, 3.8) is 0 Å². The second kappa shape index (κ2) is 4.45. The van der Waals surface area contributed by atoms with Gasteiger partial charge < -0.3 is 10.2 Å². The molecule has 3 heteroatoms. The number of carbonyl (C=O) groups is 1. The molecule has 3 nitrogen and oxygen atoms in total. The van der Waals surface area contributed by atoms with E-state index in [2.05, 4.69) is 13.8 Å². The van der Waals surface area contributed by atoms with E-state index < -0.39 is 5.60 Å². The first-order valence-corrected chi connectivity index (χ1v) is 8.96. The Hall–Kier alpha value is -0.670. The molecule has 0 spiro atoms. The fourth-order valence-electron chi connectivity index (χ4n) is 6.50. The maximum absolute atomic E-state index is 11.8. The second-order valence-electron chi connectivity index (χ2n) is 8.74. The van der Waals surface area contributed by atoms with Crippen molar-refractivity contribution in [2.75, 3.05) is 0 Å². The highest BCUT2D eigenvalue weighted by Crippen LogP contribution is 2.66. The average molecular weight is 304 g/mol. The smallest absolute Gasteiger partial charge is 0.155 e. The lowest BCUT2D eigenvalue weighted by Crippen LogP contribution is -2.61. The van der Waals surface area contributed by atoms with Crippen LogP contribution in [0, 0.1) is 22.7 Å². The summed E-state index contributed by atoms with van der Waals surface area (Å²) in [7, 11) is 0. The Bertz CT molecular complexity index is 553. The molecule has 122 valence electrons. The fraction of sp³-hybridized carbons (Fsp3) is 0.842. The summed E-state index contributed by atoms with van der Waals surface area (Å²) < 4.78 is 0. The quantitative estimate of drug-likeness (QED) is 0.723. The van der Waals surface area contributed by atoms with Crippen molar-refractivity contribution < 1.29 is 15.0 Å². The lowest BCUT2D eigenvalue weighted by atomic mass is 9.46. The van der Waals surface area contributed by atoms with E-state index in [9.17, 15) is 15.0 Å². The molecular weight excluding hydrogens is 276 g/mol. The van der Waals surface area contributed by atoms with Crippen molar-refractivity contribution in [2.24, 2.45) is 22.7 Å². The van der Waals surface area contributed by atoms with Gasteiger partial charge in [-0.15, -0.1) is 0 Å². The first-order chi connectivity index (χ1) is 10.3. The van der Waals surface area contributed by atoms with Crippen molar-refractivity contribution in [3.8, 4) is 0 Å². The third-order valence-corrected chi connectivity index (χ3v) is 8.10. The molecule has 0 aromatic carbocycles. The number of ketones is 1. The SMILES string of the molecule is CC12CCC(=O)C=C1CCC1C2CCC2(C)C(O)CCC12O. The molecule has 4 rings (SSSR count). The molecule has 0 bridgehead atoms. The number of allylic oxidation sites excluding steroid dienone is 1. The van der Waals surface area contributed by atoms with Crippen LogP contribution in [0.15, 0.2) is 11.6 Å². The normalized spacial score (nSPS) is 54.3. The number of hydrogen-bond donors (Lipinski definition) is 2. The summed E-state index contributed by atoms with van der Waals surface area (Å²) in [4.78, 5) is 11.8. The summed E-state index contributed by atoms with van der Waals surface area (Å²) in [5, 5.41) is 22.0. The molecule has 2 N–H and O–H groups in total. The van der Waals surface area contributed by atoms with Crippen LogP contribution in [0.5, 0.6) is 0 Å².